The summed E-state index contributed by atoms with van der Waals surface area (Å²) in [5.74, 6) is 1.62. The summed E-state index contributed by atoms with van der Waals surface area (Å²) in [4.78, 5) is 0. The number of allylic oxidation sites excluding steroid dienone is 10. The number of hydrogen-bond donors (Lipinski definition) is 0. The van der Waals surface area contributed by atoms with Gasteiger partial charge in [0.15, 0.2) is 0 Å². The van der Waals surface area contributed by atoms with E-state index in [1.165, 1.54) is 60.5 Å². The van der Waals surface area contributed by atoms with Gasteiger partial charge in [0.05, 0.1) is 0 Å². The van der Waals surface area contributed by atoms with E-state index in [0.29, 0.717) is 5.92 Å². The minimum atomic E-state index is 0.0603. The average Bonchev–Trinajstić information content (AvgIpc) is 3.51. The normalized spacial score (nSPS) is 25.3. The molecular formula is C41H34O. The van der Waals surface area contributed by atoms with E-state index in [4.69, 9.17) is 4.74 Å². The number of hydrogen-bond acceptors (Lipinski definition) is 1. The minimum absolute atomic E-state index is 0.0603. The molecule has 1 aliphatic heterocycles. The summed E-state index contributed by atoms with van der Waals surface area (Å²) in [6.45, 7) is 4.85. The van der Waals surface area contributed by atoms with Crippen molar-refractivity contribution in [1.82, 2.24) is 0 Å². The Balaban J connectivity index is 1.28. The molecule has 42 heavy (non-hydrogen) atoms. The molecular weight excluding hydrogens is 508 g/mol. The van der Waals surface area contributed by atoms with Crippen LogP contribution in [0.15, 0.2) is 126 Å². The van der Waals surface area contributed by atoms with Crippen molar-refractivity contribution in [2.24, 2.45) is 5.92 Å². The van der Waals surface area contributed by atoms with Crippen molar-refractivity contribution in [3.05, 3.63) is 165 Å². The molecule has 0 saturated heterocycles. The maximum atomic E-state index is 6.31. The topological polar surface area (TPSA) is 9.23 Å². The van der Waals surface area contributed by atoms with E-state index in [9.17, 15) is 0 Å². The largest absolute Gasteiger partial charge is 0.485 e. The Labute approximate surface area is 248 Å². The van der Waals surface area contributed by atoms with Crippen LogP contribution < -0.4 is 15.2 Å². The maximum absolute atomic E-state index is 6.31. The Bertz CT molecular complexity index is 2020. The van der Waals surface area contributed by atoms with Crippen LogP contribution in [0.1, 0.15) is 66.8 Å². The van der Waals surface area contributed by atoms with E-state index in [1.54, 1.807) is 5.57 Å². The molecule has 204 valence electrons. The minimum Gasteiger partial charge on any atom is -0.485 e. The lowest BCUT2D eigenvalue weighted by Crippen LogP contribution is -2.37. The molecule has 0 spiro atoms. The van der Waals surface area contributed by atoms with Gasteiger partial charge in [0.25, 0.3) is 0 Å². The van der Waals surface area contributed by atoms with Crippen LogP contribution in [0, 0.1) is 5.92 Å². The highest BCUT2D eigenvalue weighted by Gasteiger charge is 2.39. The van der Waals surface area contributed by atoms with E-state index < -0.39 is 0 Å². The fraction of sp³-hybridized carbons (Fsp3) is 0.220. The molecule has 0 radical (unpaired) electrons. The highest BCUT2D eigenvalue weighted by molar-refractivity contribution is 5.92. The molecule has 0 fully saturated rings. The quantitative estimate of drug-likeness (QED) is 0.319. The van der Waals surface area contributed by atoms with E-state index in [2.05, 4.69) is 129 Å². The van der Waals surface area contributed by atoms with Crippen LogP contribution in [-0.2, 0) is 5.41 Å². The third kappa shape index (κ3) is 3.31. The molecule has 0 saturated carbocycles. The summed E-state index contributed by atoms with van der Waals surface area (Å²) in [7, 11) is 0. The fourth-order valence-electron chi connectivity index (χ4n) is 8.51. The highest BCUT2D eigenvalue weighted by atomic mass is 16.5. The molecule has 0 aromatic heterocycles. The van der Waals surface area contributed by atoms with Crippen LogP contribution >= 0.6 is 0 Å². The third-order valence-electron chi connectivity index (χ3n) is 10.5. The van der Waals surface area contributed by atoms with Gasteiger partial charge in [-0.15, -0.1) is 0 Å². The van der Waals surface area contributed by atoms with Gasteiger partial charge in [0.1, 0.15) is 11.9 Å². The molecule has 3 unspecified atom stereocenters. The van der Waals surface area contributed by atoms with Crippen LogP contribution in [0.3, 0.4) is 0 Å². The molecule has 9 rings (SSSR count). The van der Waals surface area contributed by atoms with Crippen LogP contribution in [0.4, 0.5) is 0 Å². The van der Waals surface area contributed by atoms with Gasteiger partial charge in [-0.25, -0.2) is 0 Å². The summed E-state index contributed by atoms with van der Waals surface area (Å²) in [6.07, 6.45) is 23.9. The first-order valence-electron chi connectivity index (χ1n) is 15.5. The van der Waals surface area contributed by atoms with Crippen molar-refractivity contribution in [3.63, 3.8) is 0 Å². The van der Waals surface area contributed by atoms with E-state index in [1.807, 2.05) is 0 Å². The maximum Gasteiger partial charge on any atom is 0.128 e. The van der Waals surface area contributed by atoms with Gasteiger partial charge in [-0.1, -0.05) is 110 Å². The highest BCUT2D eigenvalue weighted by Crippen LogP contribution is 2.51. The molecule has 6 aliphatic rings. The summed E-state index contributed by atoms with van der Waals surface area (Å²) in [5.41, 5.74) is 14.3. The SMILES string of the molecule is CC1(C)C2=C(C=CCC2)c2ccc(C3=c4ccccc4=C(c4ccc5c(c4)C4C=CC=CC4O5)C4CC=CC=C34)cc21. The second kappa shape index (κ2) is 8.82. The van der Waals surface area contributed by atoms with Crippen LogP contribution in [0.5, 0.6) is 5.75 Å². The van der Waals surface area contributed by atoms with Crippen molar-refractivity contribution in [1.29, 1.82) is 0 Å². The molecule has 0 N–H and O–H groups in total. The first-order chi connectivity index (χ1) is 20.6. The van der Waals surface area contributed by atoms with Crippen molar-refractivity contribution < 1.29 is 4.74 Å². The van der Waals surface area contributed by atoms with Crippen molar-refractivity contribution in [3.8, 4) is 5.75 Å². The van der Waals surface area contributed by atoms with E-state index >= 15 is 0 Å². The Morgan fingerprint density at radius 3 is 2.62 bits per heavy atom. The molecule has 1 nitrogen and oxygen atoms in total. The standard InChI is InChI=1S/C41H34O/c1-41(2)35-17-9-7-11-27(35)28-21-19-26(24-36(28)41)40-32-15-5-3-13-30(32)39(31-14-4-6-16-33(31)40)25-20-22-38-34(23-25)29-12-8-10-18-37(29)42-38/h3-8,10-13,15-16,18-24,29,31,37H,9,14,17H2,1-2H3. The zero-order chi connectivity index (χ0) is 28.0. The molecule has 3 atom stereocenters. The summed E-state index contributed by atoms with van der Waals surface area (Å²) >= 11 is 0. The Hall–Kier alpha value is -4.36. The molecule has 1 heteroatoms. The molecule has 3 aromatic rings. The molecule has 3 aromatic carbocycles. The van der Waals surface area contributed by atoms with Gasteiger partial charge < -0.3 is 4.74 Å². The van der Waals surface area contributed by atoms with Gasteiger partial charge in [-0.3, -0.25) is 0 Å². The van der Waals surface area contributed by atoms with E-state index in [-0.39, 0.29) is 17.4 Å². The van der Waals surface area contributed by atoms with Crippen LogP contribution in [0.25, 0.3) is 16.7 Å². The third-order valence-corrected chi connectivity index (χ3v) is 10.5. The summed E-state index contributed by atoms with van der Waals surface area (Å²) in [5, 5.41) is 2.70. The number of fused-ring (bicyclic) bond motifs is 7. The second-order valence-electron chi connectivity index (χ2n) is 13.0. The summed E-state index contributed by atoms with van der Waals surface area (Å²) in [6, 6.07) is 23.3. The molecule has 0 bridgehead atoms. The second-order valence-corrected chi connectivity index (χ2v) is 13.0. The predicted molar refractivity (Wildman–Crippen MR) is 173 cm³/mol. The number of ether oxygens (including phenoxy) is 1. The number of rotatable bonds is 2. The lowest BCUT2D eigenvalue weighted by molar-refractivity contribution is 0.269. The van der Waals surface area contributed by atoms with Gasteiger partial charge >= 0.3 is 0 Å². The Morgan fingerprint density at radius 2 is 1.69 bits per heavy atom. The Morgan fingerprint density at radius 1 is 0.833 bits per heavy atom. The van der Waals surface area contributed by atoms with Gasteiger partial charge in [0, 0.05) is 22.8 Å². The van der Waals surface area contributed by atoms with Crippen LogP contribution in [-0.4, -0.2) is 6.10 Å². The lowest BCUT2D eigenvalue weighted by Gasteiger charge is -2.32. The van der Waals surface area contributed by atoms with Gasteiger partial charge in [0.2, 0.25) is 0 Å². The van der Waals surface area contributed by atoms with Crippen molar-refractivity contribution in [2.75, 3.05) is 0 Å². The fourth-order valence-corrected chi connectivity index (χ4v) is 8.51. The van der Waals surface area contributed by atoms with Crippen molar-refractivity contribution in [2.45, 2.75) is 50.5 Å². The van der Waals surface area contributed by atoms with Gasteiger partial charge in [-0.2, -0.15) is 0 Å². The zero-order valence-corrected chi connectivity index (χ0v) is 24.2. The molecule has 0 amide bonds. The summed E-state index contributed by atoms with van der Waals surface area (Å²) < 4.78 is 6.31. The number of benzene rings is 3. The predicted octanol–water partition coefficient (Wildman–Crippen LogP) is 7.97. The Kier molecular flexibility index (Phi) is 5.09. The molecule has 5 aliphatic carbocycles. The first kappa shape index (κ1) is 24.3. The average molecular weight is 543 g/mol. The lowest BCUT2D eigenvalue weighted by atomic mass is 9.71. The van der Waals surface area contributed by atoms with E-state index in [0.717, 1.165) is 25.0 Å². The van der Waals surface area contributed by atoms with Gasteiger partial charge in [-0.05, 0) is 98.5 Å². The van der Waals surface area contributed by atoms with Crippen molar-refractivity contribution >= 4 is 16.7 Å². The molecule has 1 heterocycles. The zero-order valence-electron chi connectivity index (χ0n) is 24.2. The smallest absolute Gasteiger partial charge is 0.128 e. The first-order valence-corrected chi connectivity index (χ1v) is 15.5. The monoisotopic (exact) mass is 542 g/mol. The van der Waals surface area contributed by atoms with Crippen LogP contribution in [0.2, 0.25) is 0 Å².